The average molecular weight is 710 g/mol. The minimum Gasteiger partial charge on any atom is -0.228 e. The van der Waals surface area contributed by atoms with Crippen molar-refractivity contribution in [2.45, 2.75) is 31.6 Å². The lowest BCUT2D eigenvalue weighted by Crippen LogP contribution is -2.08. The van der Waals surface area contributed by atoms with Crippen LogP contribution >= 0.6 is 0 Å². The molecule has 2 fully saturated rings. The van der Waals surface area contributed by atoms with Gasteiger partial charge in [-0.05, 0) is 65.8 Å². The zero-order chi connectivity index (χ0) is 36.6. The van der Waals surface area contributed by atoms with Crippen molar-refractivity contribution in [1.82, 2.24) is 24.9 Å². The fourth-order valence-corrected chi connectivity index (χ4v) is 8.62. The van der Waals surface area contributed by atoms with Crippen LogP contribution in [-0.4, -0.2) is 24.9 Å². The Hall–Kier alpha value is -6.59. The molecule has 5 nitrogen and oxygen atoms in total. The lowest BCUT2D eigenvalue weighted by Gasteiger charge is -2.22. The molecule has 2 aliphatic rings. The summed E-state index contributed by atoms with van der Waals surface area (Å²) in [6.07, 6.45) is 5.57. The maximum Gasteiger partial charge on any atom is 0.164 e. The topological polar surface area (TPSA) is 64.5 Å². The Morgan fingerprint density at radius 1 is 0.327 bits per heavy atom. The van der Waals surface area contributed by atoms with Gasteiger partial charge in [0.25, 0.3) is 0 Å². The fourth-order valence-electron chi connectivity index (χ4n) is 8.62. The number of nitrogens with zero attached hydrogens (tertiary/aromatic N) is 5. The van der Waals surface area contributed by atoms with Gasteiger partial charge in [-0.2, -0.15) is 0 Å². The molecule has 264 valence electrons. The van der Waals surface area contributed by atoms with E-state index in [2.05, 4.69) is 91.0 Å². The highest BCUT2D eigenvalue weighted by Gasteiger charge is 2.40. The van der Waals surface area contributed by atoms with Crippen LogP contribution in [-0.2, 0) is 0 Å². The second kappa shape index (κ2) is 14.3. The SMILES string of the molecule is c1ccc(-c2nc(-c3ccc(C4CC5CCC4C5)cc3)cc(-c3cccc(-c4ccc(-c5nc(-c6ccccc6)nc(-c6ccccc6)n5)cc4)c3)n2)cc1. The van der Waals surface area contributed by atoms with Crippen LogP contribution in [0.25, 0.3) is 79.2 Å². The smallest absolute Gasteiger partial charge is 0.164 e. The Balaban J connectivity index is 0.980. The third-order valence-electron chi connectivity index (χ3n) is 11.5. The molecule has 2 aliphatic carbocycles. The molecule has 2 bridgehead atoms. The van der Waals surface area contributed by atoms with Crippen LogP contribution in [0.2, 0.25) is 0 Å². The third kappa shape index (κ3) is 6.74. The summed E-state index contributed by atoms with van der Waals surface area (Å²) in [7, 11) is 0. The Morgan fingerprint density at radius 2 is 0.782 bits per heavy atom. The fraction of sp³-hybridized carbons (Fsp3) is 0.140. The molecule has 2 saturated carbocycles. The number of aromatic nitrogens is 5. The molecule has 2 heterocycles. The minimum atomic E-state index is 0.637. The maximum atomic E-state index is 5.13. The second-order valence-electron chi connectivity index (χ2n) is 14.9. The van der Waals surface area contributed by atoms with E-state index in [-0.39, 0.29) is 0 Å². The average Bonchev–Trinajstić information content (AvgIpc) is 3.92. The van der Waals surface area contributed by atoms with Crippen LogP contribution in [0.15, 0.2) is 170 Å². The van der Waals surface area contributed by atoms with Gasteiger partial charge in [-0.25, -0.2) is 24.9 Å². The largest absolute Gasteiger partial charge is 0.228 e. The van der Waals surface area contributed by atoms with Crippen molar-refractivity contribution >= 4 is 0 Å². The van der Waals surface area contributed by atoms with E-state index in [4.69, 9.17) is 24.9 Å². The molecule has 55 heavy (non-hydrogen) atoms. The first-order valence-electron chi connectivity index (χ1n) is 19.3. The molecule has 6 aromatic carbocycles. The van der Waals surface area contributed by atoms with E-state index in [1.54, 1.807) is 0 Å². The lowest BCUT2D eigenvalue weighted by atomic mass is 9.83. The Morgan fingerprint density at radius 3 is 1.31 bits per heavy atom. The summed E-state index contributed by atoms with van der Waals surface area (Å²) in [5, 5.41) is 0. The number of fused-ring (bicyclic) bond motifs is 2. The number of benzene rings is 6. The van der Waals surface area contributed by atoms with Gasteiger partial charge in [0.2, 0.25) is 0 Å². The first-order valence-corrected chi connectivity index (χ1v) is 19.3. The Kier molecular flexibility index (Phi) is 8.60. The number of rotatable bonds is 8. The second-order valence-corrected chi connectivity index (χ2v) is 14.9. The molecule has 0 saturated heterocycles. The van der Waals surface area contributed by atoms with E-state index in [9.17, 15) is 0 Å². The zero-order valence-corrected chi connectivity index (χ0v) is 30.5. The van der Waals surface area contributed by atoms with Crippen molar-refractivity contribution < 1.29 is 0 Å². The summed E-state index contributed by atoms with van der Waals surface area (Å²) in [6, 6.07) is 58.9. The van der Waals surface area contributed by atoms with Gasteiger partial charge < -0.3 is 0 Å². The molecule has 3 atom stereocenters. The molecule has 5 heteroatoms. The van der Waals surface area contributed by atoms with E-state index in [0.29, 0.717) is 23.4 Å². The summed E-state index contributed by atoms with van der Waals surface area (Å²) in [5.41, 5.74) is 11.5. The van der Waals surface area contributed by atoms with Crippen LogP contribution in [0.4, 0.5) is 0 Å². The van der Waals surface area contributed by atoms with Crippen molar-refractivity contribution in [3.8, 4) is 79.2 Å². The Bertz CT molecular complexity index is 2530. The first kappa shape index (κ1) is 33.0. The van der Waals surface area contributed by atoms with Crippen LogP contribution < -0.4 is 0 Å². The molecular weight excluding hydrogens is 671 g/mol. The van der Waals surface area contributed by atoms with Crippen molar-refractivity contribution in [3.05, 3.63) is 175 Å². The van der Waals surface area contributed by atoms with Crippen LogP contribution in [0, 0.1) is 11.8 Å². The highest BCUT2D eigenvalue weighted by Crippen LogP contribution is 2.53. The number of hydrogen-bond acceptors (Lipinski definition) is 5. The van der Waals surface area contributed by atoms with E-state index in [1.807, 2.05) is 78.9 Å². The predicted octanol–water partition coefficient (Wildman–Crippen LogP) is 12.2. The third-order valence-corrected chi connectivity index (χ3v) is 11.5. The first-order chi connectivity index (χ1) is 27.2. The highest BCUT2D eigenvalue weighted by atomic mass is 15.0. The molecule has 0 amide bonds. The van der Waals surface area contributed by atoms with Crippen molar-refractivity contribution in [2.75, 3.05) is 0 Å². The van der Waals surface area contributed by atoms with Gasteiger partial charge in [0.1, 0.15) is 0 Å². The van der Waals surface area contributed by atoms with Gasteiger partial charge >= 0.3 is 0 Å². The molecule has 0 N–H and O–H groups in total. The Labute approximate surface area is 321 Å². The molecule has 3 unspecified atom stereocenters. The van der Waals surface area contributed by atoms with E-state index in [0.717, 1.165) is 73.6 Å². The number of hydrogen-bond donors (Lipinski definition) is 0. The van der Waals surface area contributed by atoms with Crippen molar-refractivity contribution in [3.63, 3.8) is 0 Å². The van der Waals surface area contributed by atoms with Gasteiger partial charge in [0.15, 0.2) is 23.3 Å². The minimum absolute atomic E-state index is 0.637. The summed E-state index contributed by atoms with van der Waals surface area (Å²) < 4.78 is 0. The summed E-state index contributed by atoms with van der Waals surface area (Å²) >= 11 is 0. The van der Waals surface area contributed by atoms with E-state index < -0.39 is 0 Å². The molecular formula is C50H39N5. The normalized spacial score (nSPS) is 17.3. The van der Waals surface area contributed by atoms with Gasteiger partial charge in [0.05, 0.1) is 11.4 Å². The summed E-state index contributed by atoms with van der Waals surface area (Å²) in [5.74, 6) is 5.16. The summed E-state index contributed by atoms with van der Waals surface area (Å²) in [6.45, 7) is 0. The molecule has 2 aromatic heterocycles. The maximum absolute atomic E-state index is 5.13. The quantitative estimate of drug-likeness (QED) is 0.157. The van der Waals surface area contributed by atoms with E-state index >= 15 is 0 Å². The molecule has 0 radical (unpaired) electrons. The zero-order valence-electron chi connectivity index (χ0n) is 30.5. The lowest BCUT2D eigenvalue weighted by molar-refractivity contribution is 0.420. The monoisotopic (exact) mass is 709 g/mol. The van der Waals surface area contributed by atoms with Gasteiger partial charge in [-0.15, -0.1) is 0 Å². The standard InChI is InChI=1S/C50H39N5/c1-4-11-37(12-5-1)47-51-45(36-25-23-35(24-26-36)44-30-33-19-20-42(44)29-33)32-46(52-47)43-18-10-17-41(31-43)34-21-27-40(28-22-34)50-54-48(38-13-6-2-7-14-38)53-49(55-50)39-15-8-3-9-16-39/h1-18,21-28,31-33,42,44H,19-20,29-30H2. The van der Waals surface area contributed by atoms with Gasteiger partial charge in [-0.1, -0.05) is 164 Å². The van der Waals surface area contributed by atoms with Crippen LogP contribution in [0.3, 0.4) is 0 Å². The van der Waals surface area contributed by atoms with Crippen LogP contribution in [0.1, 0.15) is 37.2 Å². The van der Waals surface area contributed by atoms with Crippen molar-refractivity contribution in [2.24, 2.45) is 11.8 Å². The van der Waals surface area contributed by atoms with Crippen LogP contribution in [0.5, 0.6) is 0 Å². The van der Waals surface area contributed by atoms with Gasteiger partial charge in [-0.3, -0.25) is 0 Å². The predicted molar refractivity (Wildman–Crippen MR) is 222 cm³/mol. The molecule has 10 rings (SSSR count). The molecule has 8 aromatic rings. The van der Waals surface area contributed by atoms with E-state index in [1.165, 1.54) is 31.2 Å². The summed E-state index contributed by atoms with van der Waals surface area (Å²) in [4.78, 5) is 24.9. The van der Waals surface area contributed by atoms with Gasteiger partial charge in [0, 0.05) is 33.4 Å². The molecule has 0 aliphatic heterocycles. The highest BCUT2D eigenvalue weighted by molar-refractivity contribution is 5.77. The van der Waals surface area contributed by atoms with Crippen molar-refractivity contribution in [1.29, 1.82) is 0 Å². The molecule has 0 spiro atoms.